The SMILES string of the molecule is CCCC1c2ccc(-c3ccc(C=Nc4cc(C(C)(C)F)ccc4C)cc3)cc21. The summed E-state index contributed by atoms with van der Waals surface area (Å²) in [5, 5.41) is 0. The van der Waals surface area contributed by atoms with E-state index in [0.29, 0.717) is 11.5 Å². The second kappa shape index (κ2) is 7.59. The molecule has 4 rings (SSSR count). The van der Waals surface area contributed by atoms with Crippen LogP contribution in [0.15, 0.2) is 65.7 Å². The number of nitrogens with zero attached hydrogens (tertiary/aromatic N) is 1. The number of hydrogen-bond donors (Lipinski definition) is 0. The number of rotatable bonds is 6. The van der Waals surface area contributed by atoms with E-state index >= 15 is 0 Å². The minimum Gasteiger partial charge on any atom is -0.256 e. The third-order valence-electron chi connectivity index (χ3n) is 5.82. The van der Waals surface area contributed by atoms with Crippen molar-refractivity contribution >= 4 is 11.9 Å². The molecule has 0 N–H and O–H groups in total. The predicted octanol–water partition coefficient (Wildman–Crippen LogP) is 7.86. The van der Waals surface area contributed by atoms with Crippen LogP contribution < -0.4 is 0 Å². The summed E-state index contributed by atoms with van der Waals surface area (Å²) in [5.41, 5.74) is 7.71. The van der Waals surface area contributed by atoms with Gasteiger partial charge in [0.1, 0.15) is 5.67 Å². The fourth-order valence-corrected chi connectivity index (χ4v) is 3.90. The van der Waals surface area contributed by atoms with E-state index < -0.39 is 5.67 Å². The second-order valence-corrected chi connectivity index (χ2v) is 8.54. The maximum absolute atomic E-state index is 14.2. The van der Waals surface area contributed by atoms with E-state index in [9.17, 15) is 4.39 Å². The van der Waals surface area contributed by atoms with Gasteiger partial charge in [-0.15, -0.1) is 0 Å². The number of fused-ring (bicyclic) bond motifs is 1. The van der Waals surface area contributed by atoms with Crippen LogP contribution in [0, 0.1) is 6.92 Å². The van der Waals surface area contributed by atoms with Gasteiger partial charge < -0.3 is 0 Å². The monoisotopic (exact) mass is 385 g/mol. The largest absolute Gasteiger partial charge is 0.256 e. The molecule has 3 aromatic rings. The lowest BCUT2D eigenvalue weighted by atomic mass is 9.98. The zero-order valence-electron chi connectivity index (χ0n) is 17.7. The van der Waals surface area contributed by atoms with Gasteiger partial charge in [0.2, 0.25) is 0 Å². The Morgan fingerprint density at radius 2 is 1.66 bits per heavy atom. The van der Waals surface area contributed by atoms with Crippen LogP contribution in [0.4, 0.5) is 10.1 Å². The molecule has 3 aromatic carbocycles. The summed E-state index contributed by atoms with van der Waals surface area (Å²) in [4.78, 5) is 4.61. The molecule has 0 aromatic heterocycles. The second-order valence-electron chi connectivity index (χ2n) is 8.54. The molecule has 0 bridgehead atoms. The van der Waals surface area contributed by atoms with Crippen molar-refractivity contribution in [3.05, 3.63) is 88.5 Å². The Bertz CT molecular complexity index is 1050. The van der Waals surface area contributed by atoms with Crippen LogP contribution in [-0.2, 0) is 5.67 Å². The van der Waals surface area contributed by atoms with Gasteiger partial charge in [0.15, 0.2) is 0 Å². The van der Waals surface area contributed by atoms with Crippen molar-refractivity contribution in [2.75, 3.05) is 0 Å². The minimum atomic E-state index is -1.37. The average molecular weight is 386 g/mol. The van der Waals surface area contributed by atoms with E-state index in [0.717, 1.165) is 16.8 Å². The average Bonchev–Trinajstić information content (AvgIpc) is 3.39. The van der Waals surface area contributed by atoms with Crippen molar-refractivity contribution < 1.29 is 4.39 Å². The molecular formula is C27H28FN. The quantitative estimate of drug-likeness (QED) is 0.383. The lowest BCUT2D eigenvalue weighted by molar-refractivity contribution is 0.221. The van der Waals surface area contributed by atoms with Gasteiger partial charge in [0, 0.05) is 12.1 Å². The highest BCUT2D eigenvalue weighted by atomic mass is 19.1. The van der Waals surface area contributed by atoms with Crippen molar-refractivity contribution in [1.82, 2.24) is 0 Å². The number of benzene rings is 3. The smallest absolute Gasteiger partial charge is 0.130 e. The first-order valence-corrected chi connectivity index (χ1v) is 10.4. The van der Waals surface area contributed by atoms with Gasteiger partial charge in [-0.3, -0.25) is 4.99 Å². The normalized spacial score (nSPS) is 15.6. The molecule has 0 fully saturated rings. The molecule has 0 saturated carbocycles. The van der Waals surface area contributed by atoms with E-state index in [-0.39, 0.29) is 0 Å². The molecular weight excluding hydrogens is 357 g/mol. The van der Waals surface area contributed by atoms with Crippen molar-refractivity contribution in [3.63, 3.8) is 0 Å². The van der Waals surface area contributed by atoms with Gasteiger partial charge in [-0.25, -0.2) is 4.39 Å². The van der Waals surface area contributed by atoms with Gasteiger partial charge in [-0.2, -0.15) is 0 Å². The topological polar surface area (TPSA) is 12.4 Å². The molecule has 1 aliphatic rings. The van der Waals surface area contributed by atoms with Crippen LogP contribution in [0.3, 0.4) is 0 Å². The number of hydrogen-bond acceptors (Lipinski definition) is 1. The van der Waals surface area contributed by atoms with E-state index in [1.54, 1.807) is 13.8 Å². The van der Waals surface area contributed by atoms with Crippen LogP contribution in [0.25, 0.3) is 11.1 Å². The third-order valence-corrected chi connectivity index (χ3v) is 5.82. The van der Waals surface area contributed by atoms with Crippen molar-refractivity contribution in [3.8, 4) is 11.1 Å². The lowest BCUT2D eigenvalue weighted by Crippen LogP contribution is -2.08. The number of alkyl halides is 1. The summed E-state index contributed by atoms with van der Waals surface area (Å²) in [6.07, 6.45) is 4.34. The standard InChI is InChI=1S/C27H28FN/c1-5-6-23-24-14-12-21(15-25(23)24)20-10-8-19(9-11-20)17-29-26-16-22(27(3,4)28)13-7-18(26)2/h7-17,23H,5-6H2,1-4H3. The Morgan fingerprint density at radius 3 is 2.34 bits per heavy atom. The maximum Gasteiger partial charge on any atom is 0.130 e. The Hall–Kier alpha value is -2.74. The molecule has 0 amide bonds. The third kappa shape index (κ3) is 4.17. The number of aliphatic imine (C=N–C) groups is 1. The zero-order chi connectivity index (χ0) is 20.6. The number of halogens is 1. The summed E-state index contributed by atoms with van der Waals surface area (Å²) in [5.74, 6) is 0.688. The van der Waals surface area contributed by atoms with Crippen LogP contribution in [0.2, 0.25) is 0 Å². The first kappa shape index (κ1) is 19.6. The van der Waals surface area contributed by atoms with Crippen molar-refractivity contribution in [1.29, 1.82) is 0 Å². The van der Waals surface area contributed by atoms with Crippen LogP contribution >= 0.6 is 0 Å². The van der Waals surface area contributed by atoms with E-state index in [1.165, 1.54) is 35.1 Å². The molecule has 1 unspecified atom stereocenters. The Morgan fingerprint density at radius 1 is 0.931 bits per heavy atom. The maximum atomic E-state index is 14.2. The predicted molar refractivity (Wildman–Crippen MR) is 121 cm³/mol. The van der Waals surface area contributed by atoms with Crippen LogP contribution in [0.1, 0.15) is 67.3 Å². The molecule has 1 nitrogen and oxygen atoms in total. The van der Waals surface area contributed by atoms with Gasteiger partial charge in [-0.05, 0) is 72.2 Å². The highest BCUT2D eigenvalue weighted by Crippen LogP contribution is 2.48. The van der Waals surface area contributed by atoms with E-state index in [1.807, 2.05) is 31.3 Å². The molecule has 1 aliphatic carbocycles. The summed E-state index contributed by atoms with van der Waals surface area (Å²) >= 11 is 0. The van der Waals surface area contributed by atoms with Gasteiger partial charge in [0.25, 0.3) is 0 Å². The molecule has 0 aliphatic heterocycles. The van der Waals surface area contributed by atoms with Gasteiger partial charge in [-0.1, -0.05) is 67.9 Å². The van der Waals surface area contributed by atoms with Gasteiger partial charge >= 0.3 is 0 Å². The first-order valence-electron chi connectivity index (χ1n) is 10.4. The molecule has 0 radical (unpaired) electrons. The fraction of sp³-hybridized carbons (Fsp3) is 0.296. The molecule has 29 heavy (non-hydrogen) atoms. The molecule has 0 heterocycles. The molecule has 1 atom stereocenters. The lowest BCUT2D eigenvalue weighted by Gasteiger charge is -2.15. The summed E-state index contributed by atoms with van der Waals surface area (Å²) < 4.78 is 14.2. The van der Waals surface area contributed by atoms with E-state index in [2.05, 4.69) is 54.4 Å². The Kier molecular flexibility index (Phi) is 5.12. The molecule has 2 heteroatoms. The molecule has 148 valence electrons. The van der Waals surface area contributed by atoms with Crippen LogP contribution in [0.5, 0.6) is 0 Å². The highest BCUT2D eigenvalue weighted by Gasteiger charge is 2.31. The van der Waals surface area contributed by atoms with E-state index in [4.69, 9.17) is 0 Å². The minimum absolute atomic E-state index is 0.650. The highest BCUT2D eigenvalue weighted by molar-refractivity contribution is 5.83. The summed E-state index contributed by atoms with van der Waals surface area (Å²) in [7, 11) is 0. The fourth-order valence-electron chi connectivity index (χ4n) is 3.90. The van der Waals surface area contributed by atoms with Crippen LogP contribution in [-0.4, -0.2) is 6.21 Å². The number of aryl methyl sites for hydroxylation is 1. The zero-order valence-corrected chi connectivity index (χ0v) is 17.7. The van der Waals surface area contributed by atoms with Crippen molar-refractivity contribution in [2.24, 2.45) is 4.99 Å². The first-order chi connectivity index (χ1) is 13.9. The summed E-state index contributed by atoms with van der Waals surface area (Å²) in [6.45, 7) is 7.39. The Balaban J connectivity index is 1.51. The summed E-state index contributed by atoms with van der Waals surface area (Å²) in [6, 6.07) is 20.9. The molecule has 0 spiro atoms. The Labute approximate surface area is 173 Å². The molecule has 0 saturated heterocycles. The van der Waals surface area contributed by atoms with Gasteiger partial charge in [0.05, 0.1) is 5.69 Å². The van der Waals surface area contributed by atoms with Crippen molar-refractivity contribution in [2.45, 2.75) is 52.1 Å².